The lowest BCUT2D eigenvalue weighted by atomic mass is 9.83. The average molecular weight is 257 g/mol. The van der Waals surface area contributed by atoms with E-state index in [4.69, 9.17) is 4.74 Å². The minimum atomic E-state index is -1.14. The van der Waals surface area contributed by atoms with Crippen molar-refractivity contribution < 1.29 is 23.9 Å². The molecule has 1 aliphatic heterocycles. The van der Waals surface area contributed by atoms with Gasteiger partial charge in [0.05, 0.1) is 13.5 Å². The molecule has 0 aliphatic carbocycles. The van der Waals surface area contributed by atoms with Crippen molar-refractivity contribution in [3.63, 3.8) is 0 Å². The maximum atomic E-state index is 12.2. The maximum absolute atomic E-state index is 12.2. The molecule has 1 saturated heterocycles. The lowest BCUT2D eigenvalue weighted by Gasteiger charge is -2.29. The van der Waals surface area contributed by atoms with Gasteiger partial charge in [-0.25, -0.2) is 0 Å². The second-order valence-electron chi connectivity index (χ2n) is 5.49. The largest absolute Gasteiger partial charge is 0.469 e. The smallest absolute Gasteiger partial charge is 0.315 e. The number of amides is 1. The molecule has 1 atom stereocenters. The average Bonchev–Trinajstić information content (AvgIpc) is 2.58. The predicted molar refractivity (Wildman–Crippen MR) is 62.5 cm³/mol. The van der Waals surface area contributed by atoms with E-state index in [0.29, 0.717) is 0 Å². The first-order valence-corrected chi connectivity index (χ1v) is 5.75. The predicted octanol–water partition coefficient (Wildman–Crippen LogP) is 0.397. The highest BCUT2D eigenvalue weighted by molar-refractivity contribution is 5.92. The highest BCUT2D eigenvalue weighted by Crippen LogP contribution is 2.33. The van der Waals surface area contributed by atoms with Crippen LogP contribution in [0, 0.1) is 5.41 Å². The zero-order valence-corrected chi connectivity index (χ0v) is 11.2. The molecule has 1 fully saturated rings. The van der Waals surface area contributed by atoms with Gasteiger partial charge in [-0.05, 0) is 20.8 Å². The summed E-state index contributed by atoms with van der Waals surface area (Å²) in [4.78, 5) is 34.9. The van der Waals surface area contributed by atoms with Crippen LogP contribution in [-0.4, -0.2) is 37.1 Å². The summed E-state index contributed by atoms with van der Waals surface area (Å²) in [6.07, 6.45) is -0.200. The van der Waals surface area contributed by atoms with E-state index in [-0.39, 0.29) is 25.3 Å². The molecule has 6 nitrogen and oxygen atoms in total. The summed E-state index contributed by atoms with van der Waals surface area (Å²) in [7, 11) is 1.25. The Bertz CT molecular complexity index is 371. The van der Waals surface area contributed by atoms with E-state index < -0.39 is 23.0 Å². The third kappa shape index (κ3) is 3.45. The number of carbonyl (C=O) groups is 3. The molecule has 0 spiro atoms. The Balaban J connectivity index is 2.88. The molecule has 0 radical (unpaired) electrons. The summed E-state index contributed by atoms with van der Waals surface area (Å²) in [5.74, 6) is -1.33. The second-order valence-corrected chi connectivity index (χ2v) is 5.49. The summed E-state index contributed by atoms with van der Waals surface area (Å²) < 4.78 is 9.85. The van der Waals surface area contributed by atoms with Crippen LogP contribution < -0.4 is 5.32 Å². The van der Waals surface area contributed by atoms with E-state index in [1.165, 1.54) is 7.11 Å². The van der Waals surface area contributed by atoms with Crippen LogP contribution in [0.15, 0.2) is 0 Å². The van der Waals surface area contributed by atoms with Crippen molar-refractivity contribution in [2.75, 3.05) is 13.7 Å². The van der Waals surface area contributed by atoms with Gasteiger partial charge >= 0.3 is 11.9 Å². The topological polar surface area (TPSA) is 81.7 Å². The molecular formula is C12H19NO5. The molecular weight excluding hydrogens is 238 g/mol. The fourth-order valence-electron chi connectivity index (χ4n) is 1.78. The number of esters is 2. The Hall–Kier alpha value is -1.59. The third-order valence-corrected chi connectivity index (χ3v) is 2.67. The summed E-state index contributed by atoms with van der Waals surface area (Å²) in [5.41, 5.74) is -1.80. The normalized spacial score (nSPS) is 23.4. The van der Waals surface area contributed by atoms with Gasteiger partial charge in [-0.15, -0.1) is 0 Å². The van der Waals surface area contributed by atoms with Gasteiger partial charge in [0.2, 0.25) is 5.91 Å². The summed E-state index contributed by atoms with van der Waals surface area (Å²) >= 11 is 0. The van der Waals surface area contributed by atoms with Crippen molar-refractivity contribution >= 4 is 17.8 Å². The van der Waals surface area contributed by atoms with Crippen LogP contribution in [-0.2, 0) is 23.9 Å². The van der Waals surface area contributed by atoms with Crippen LogP contribution in [0.2, 0.25) is 0 Å². The highest BCUT2D eigenvalue weighted by Gasteiger charge is 2.49. The Morgan fingerprint density at radius 3 is 2.39 bits per heavy atom. The number of ether oxygens (including phenoxy) is 2. The van der Waals surface area contributed by atoms with E-state index in [1.807, 2.05) is 0 Å². The van der Waals surface area contributed by atoms with Crippen molar-refractivity contribution in [3.8, 4) is 0 Å². The molecule has 0 saturated carbocycles. The van der Waals surface area contributed by atoms with Crippen LogP contribution in [0.25, 0.3) is 0 Å². The molecule has 1 N–H and O–H groups in total. The third-order valence-electron chi connectivity index (χ3n) is 2.67. The Morgan fingerprint density at radius 1 is 1.39 bits per heavy atom. The van der Waals surface area contributed by atoms with Crippen molar-refractivity contribution in [2.24, 2.45) is 5.41 Å². The van der Waals surface area contributed by atoms with Crippen LogP contribution in [0.1, 0.15) is 33.6 Å². The minimum absolute atomic E-state index is 0.0446. The van der Waals surface area contributed by atoms with Crippen LogP contribution in [0.3, 0.4) is 0 Å². The molecule has 0 aromatic carbocycles. The van der Waals surface area contributed by atoms with Gasteiger partial charge in [0, 0.05) is 13.0 Å². The van der Waals surface area contributed by atoms with Crippen molar-refractivity contribution in [3.05, 3.63) is 0 Å². The number of nitrogens with one attached hydrogen (secondary N) is 1. The number of hydrogen-bond donors (Lipinski definition) is 1. The number of methoxy groups -OCH3 is 1. The van der Waals surface area contributed by atoms with Gasteiger partial charge in [-0.2, -0.15) is 0 Å². The SMILES string of the molecule is COC(=O)CC1(C(=O)OC(C)(C)C)CNC(=O)C1. The first-order chi connectivity index (χ1) is 8.18. The molecule has 1 heterocycles. The molecule has 102 valence electrons. The van der Waals surface area contributed by atoms with Crippen molar-refractivity contribution in [1.82, 2.24) is 5.32 Å². The second kappa shape index (κ2) is 4.96. The molecule has 0 bridgehead atoms. The Kier molecular flexibility index (Phi) is 3.98. The molecule has 1 amide bonds. The van der Waals surface area contributed by atoms with Crippen LogP contribution >= 0.6 is 0 Å². The summed E-state index contributed by atoms with van der Waals surface area (Å²) in [6.45, 7) is 5.32. The highest BCUT2D eigenvalue weighted by atomic mass is 16.6. The van der Waals surface area contributed by atoms with Gasteiger partial charge in [0.25, 0.3) is 0 Å². The Labute approximate surface area is 106 Å². The van der Waals surface area contributed by atoms with Gasteiger partial charge in [0.15, 0.2) is 0 Å². The van der Waals surface area contributed by atoms with Gasteiger partial charge in [0.1, 0.15) is 11.0 Å². The molecule has 18 heavy (non-hydrogen) atoms. The number of hydrogen-bond acceptors (Lipinski definition) is 5. The number of rotatable bonds is 3. The molecule has 0 aromatic rings. The minimum Gasteiger partial charge on any atom is -0.469 e. The van der Waals surface area contributed by atoms with E-state index >= 15 is 0 Å². The maximum Gasteiger partial charge on any atom is 0.315 e. The Morgan fingerprint density at radius 2 is 2.00 bits per heavy atom. The fourth-order valence-corrected chi connectivity index (χ4v) is 1.78. The monoisotopic (exact) mass is 257 g/mol. The lowest BCUT2D eigenvalue weighted by molar-refractivity contribution is -0.170. The molecule has 1 unspecified atom stereocenters. The number of carbonyl (C=O) groups excluding carboxylic acids is 3. The van der Waals surface area contributed by atoms with E-state index in [2.05, 4.69) is 10.1 Å². The zero-order valence-electron chi connectivity index (χ0n) is 11.2. The summed E-state index contributed by atoms with van der Waals surface area (Å²) in [6, 6.07) is 0. The molecule has 6 heteroatoms. The zero-order chi connectivity index (χ0) is 14.0. The van der Waals surface area contributed by atoms with E-state index in [9.17, 15) is 14.4 Å². The van der Waals surface area contributed by atoms with Crippen molar-refractivity contribution in [1.29, 1.82) is 0 Å². The van der Waals surface area contributed by atoms with Gasteiger partial charge in [-0.1, -0.05) is 0 Å². The fraction of sp³-hybridized carbons (Fsp3) is 0.750. The molecule has 0 aromatic heterocycles. The lowest BCUT2D eigenvalue weighted by Crippen LogP contribution is -2.41. The van der Waals surface area contributed by atoms with E-state index in [0.717, 1.165) is 0 Å². The quantitative estimate of drug-likeness (QED) is 0.740. The molecule has 1 rings (SSSR count). The van der Waals surface area contributed by atoms with Gasteiger partial charge in [-0.3, -0.25) is 14.4 Å². The standard InChI is InChI=1S/C12H19NO5/c1-11(2,3)18-10(16)12(6-9(15)17-4)5-8(14)13-7-12/h5-7H2,1-4H3,(H,13,14). The van der Waals surface area contributed by atoms with Crippen LogP contribution in [0.4, 0.5) is 0 Å². The summed E-state index contributed by atoms with van der Waals surface area (Å²) in [5, 5.41) is 2.56. The van der Waals surface area contributed by atoms with Crippen molar-refractivity contribution in [2.45, 2.75) is 39.2 Å². The first kappa shape index (κ1) is 14.5. The first-order valence-electron chi connectivity index (χ1n) is 5.75. The van der Waals surface area contributed by atoms with Gasteiger partial charge < -0.3 is 14.8 Å². The molecule has 1 aliphatic rings. The van der Waals surface area contributed by atoms with E-state index in [1.54, 1.807) is 20.8 Å². The van der Waals surface area contributed by atoms with Crippen LogP contribution in [0.5, 0.6) is 0 Å².